The SMILES string of the molecule is CCc1nc(N(C)Cc2nccn2C)c2ccsc2n1. The summed E-state index contributed by atoms with van der Waals surface area (Å²) in [6, 6.07) is 2.09. The van der Waals surface area contributed by atoms with E-state index in [1.165, 1.54) is 0 Å². The molecule has 3 heterocycles. The van der Waals surface area contributed by atoms with E-state index in [9.17, 15) is 0 Å². The van der Waals surface area contributed by atoms with Gasteiger partial charge in [0.2, 0.25) is 0 Å². The number of aromatic nitrogens is 4. The number of hydrogen-bond acceptors (Lipinski definition) is 5. The highest BCUT2D eigenvalue weighted by Gasteiger charge is 2.13. The van der Waals surface area contributed by atoms with E-state index in [0.29, 0.717) is 0 Å². The monoisotopic (exact) mass is 287 g/mol. The van der Waals surface area contributed by atoms with Gasteiger partial charge in [-0.3, -0.25) is 0 Å². The van der Waals surface area contributed by atoms with Crippen molar-refractivity contribution < 1.29 is 0 Å². The van der Waals surface area contributed by atoms with Gasteiger partial charge in [-0.05, 0) is 11.4 Å². The van der Waals surface area contributed by atoms with Crippen molar-refractivity contribution in [1.29, 1.82) is 0 Å². The van der Waals surface area contributed by atoms with Crippen LogP contribution in [0.1, 0.15) is 18.6 Å². The average Bonchev–Trinajstić information content (AvgIpc) is 3.06. The molecule has 0 aromatic carbocycles. The Morgan fingerprint density at radius 3 is 2.90 bits per heavy atom. The molecule has 0 amide bonds. The van der Waals surface area contributed by atoms with Crippen LogP contribution in [-0.2, 0) is 20.0 Å². The summed E-state index contributed by atoms with van der Waals surface area (Å²) in [5.74, 6) is 2.89. The highest BCUT2D eigenvalue weighted by atomic mass is 32.1. The summed E-state index contributed by atoms with van der Waals surface area (Å²) in [6.07, 6.45) is 4.62. The lowest BCUT2D eigenvalue weighted by molar-refractivity contribution is 0.754. The van der Waals surface area contributed by atoms with Gasteiger partial charge in [-0.2, -0.15) is 0 Å². The van der Waals surface area contributed by atoms with Gasteiger partial charge in [0.1, 0.15) is 22.3 Å². The first kappa shape index (κ1) is 13.1. The second-order valence-corrected chi connectivity index (χ2v) is 5.66. The summed E-state index contributed by atoms with van der Waals surface area (Å²) in [4.78, 5) is 16.8. The maximum Gasteiger partial charge on any atom is 0.141 e. The van der Waals surface area contributed by atoms with Gasteiger partial charge in [-0.25, -0.2) is 15.0 Å². The molecule has 0 bridgehead atoms. The van der Waals surface area contributed by atoms with Crippen molar-refractivity contribution in [3.05, 3.63) is 35.5 Å². The standard InChI is InChI=1S/C14H17N5S/c1-4-11-16-13(10-5-8-20-14(10)17-11)19(3)9-12-15-6-7-18(12)2/h5-8H,4,9H2,1-3H3. The molecule has 5 nitrogen and oxygen atoms in total. The molecule has 0 aliphatic heterocycles. The number of hydrogen-bond donors (Lipinski definition) is 0. The van der Waals surface area contributed by atoms with E-state index >= 15 is 0 Å². The minimum Gasteiger partial charge on any atom is -0.352 e. The van der Waals surface area contributed by atoms with Crippen LogP contribution in [0.25, 0.3) is 10.2 Å². The normalized spacial score (nSPS) is 11.2. The van der Waals surface area contributed by atoms with Crippen LogP contribution in [-0.4, -0.2) is 26.6 Å². The summed E-state index contributed by atoms with van der Waals surface area (Å²) in [5.41, 5.74) is 0. The van der Waals surface area contributed by atoms with Crippen LogP contribution in [0.15, 0.2) is 23.8 Å². The smallest absolute Gasteiger partial charge is 0.141 e. The van der Waals surface area contributed by atoms with Gasteiger partial charge < -0.3 is 9.47 Å². The van der Waals surface area contributed by atoms with Crippen molar-refractivity contribution >= 4 is 27.4 Å². The zero-order valence-electron chi connectivity index (χ0n) is 11.9. The number of anilines is 1. The third-order valence-electron chi connectivity index (χ3n) is 3.33. The zero-order chi connectivity index (χ0) is 14.1. The Labute approximate surface area is 121 Å². The third-order valence-corrected chi connectivity index (χ3v) is 4.14. The van der Waals surface area contributed by atoms with Crippen molar-refractivity contribution in [2.75, 3.05) is 11.9 Å². The Bertz CT molecular complexity index is 730. The number of thiophene rings is 1. The first-order valence-electron chi connectivity index (χ1n) is 6.60. The zero-order valence-corrected chi connectivity index (χ0v) is 12.7. The van der Waals surface area contributed by atoms with E-state index in [-0.39, 0.29) is 0 Å². The molecule has 0 N–H and O–H groups in total. The summed E-state index contributed by atoms with van der Waals surface area (Å²) in [5, 5.41) is 3.18. The van der Waals surface area contributed by atoms with Crippen LogP contribution in [0.4, 0.5) is 5.82 Å². The Morgan fingerprint density at radius 1 is 1.35 bits per heavy atom. The van der Waals surface area contributed by atoms with Crippen LogP contribution in [0, 0.1) is 0 Å². The van der Waals surface area contributed by atoms with E-state index in [1.54, 1.807) is 11.3 Å². The Hall–Kier alpha value is -1.95. The minimum absolute atomic E-state index is 0.731. The molecular weight excluding hydrogens is 270 g/mol. The van der Waals surface area contributed by atoms with Crippen molar-refractivity contribution in [3.63, 3.8) is 0 Å². The van der Waals surface area contributed by atoms with Crippen LogP contribution in [0.3, 0.4) is 0 Å². The third kappa shape index (κ3) is 2.27. The molecule has 0 aliphatic carbocycles. The molecule has 0 aliphatic rings. The van der Waals surface area contributed by atoms with E-state index in [0.717, 1.165) is 40.6 Å². The Morgan fingerprint density at radius 2 is 2.20 bits per heavy atom. The lowest BCUT2D eigenvalue weighted by Crippen LogP contribution is -2.21. The molecule has 0 unspecified atom stereocenters. The average molecular weight is 287 g/mol. The summed E-state index contributed by atoms with van der Waals surface area (Å²) >= 11 is 1.66. The van der Waals surface area contributed by atoms with Crippen LogP contribution < -0.4 is 4.90 Å². The molecule has 0 fully saturated rings. The Balaban J connectivity index is 2.00. The van der Waals surface area contributed by atoms with E-state index in [1.807, 2.05) is 31.1 Å². The van der Waals surface area contributed by atoms with Crippen molar-refractivity contribution in [3.8, 4) is 0 Å². The molecule has 0 saturated carbocycles. The lowest BCUT2D eigenvalue weighted by Gasteiger charge is -2.19. The van der Waals surface area contributed by atoms with Gasteiger partial charge in [0.05, 0.1) is 11.9 Å². The number of fused-ring (bicyclic) bond motifs is 1. The second kappa shape index (κ2) is 5.20. The largest absolute Gasteiger partial charge is 0.352 e. The van der Waals surface area contributed by atoms with Crippen LogP contribution in [0.5, 0.6) is 0 Å². The summed E-state index contributed by atoms with van der Waals surface area (Å²) < 4.78 is 2.03. The van der Waals surface area contributed by atoms with Crippen molar-refractivity contribution in [2.45, 2.75) is 19.9 Å². The fraction of sp³-hybridized carbons (Fsp3) is 0.357. The quantitative estimate of drug-likeness (QED) is 0.740. The van der Waals surface area contributed by atoms with Crippen molar-refractivity contribution in [1.82, 2.24) is 19.5 Å². The minimum atomic E-state index is 0.731. The number of nitrogens with zero attached hydrogens (tertiary/aromatic N) is 5. The van der Waals surface area contributed by atoms with Gasteiger partial charge >= 0.3 is 0 Å². The molecule has 0 spiro atoms. The number of rotatable bonds is 4. The molecule has 6 heteroatoms. The highest BCUT2D eigenvalue weighted by Crippen LogP contribution is 2.28. The predicted octanol–water partition coefficient (Wildman–Crippen LogP) is 2.62. The first-order valence-corrected chi connectivity index (χ1v) is 7.48. The van der Waals surface area contributed by atoms with Gasteiger partial charge in [0, 0.05) is 32.9 Å². The van der Waals surface area contributed by atoms with E-state index in [2.05, 4.69) is 38.2 Å². The van der Waals surface area contributed by atoms with Gasteiger partial charge in [-0.15, -0.1) is 11.3 Å². The molecule has 0 saturated heterocycles. The topological polar surface area (TPSA) is 46.8 Å². The van der Waals surface area contributed by atoms with Gasteiger partial charge in [0.25, 0.3) is 0 Å². The first-order chi connectivity index (χ1) is 9.69. The molecule has 20 heavy (non-hydrogen) atoms. The molecule has 3 aromatic heterocycles. The molecule has 0 atom stereocenters. The Kier molecular flexibility index (Phi) is 3.40. The van der Waals surface area contributed by atoms with Gasteiger partial charge in [0.15, 0.2) is 0 Å². The number of imidazole rings is 1. The molecule has 0 radical (unpaired) electrons. The maximum absolute atomic E-state index is 4.69. The highest BCUT2D eigenvalue weighted by molar-refractivity contribution is 7.16. The molecule has 3 rings (SSSR count). The fourth-order valence-electron chi connectivity index (χ4n) is 2.17. The van der Waals surface area contributed by atoms with E-state index < -0.39 is 0 Å². The van der Waals surface area contributed by atoms with Crippen LogP contribution in [0.2, 0.25) is 0 Å². The summed E-state index contributed by atoms with van der Waals surface area (Å²) in [6.45, 7) is 2.81. The molecular formula is C14H17N5S. The van der Waals surface area contributed by atoms with Gasteiger partial charge in [-0.1, -0.05) is 6.92 Å². The predicted molar refractivity (Wildman–Crippen MR) is 82.1 cm³/mol. The fourth-order valence-corrected chi connectivity index (χ4v) is 2.95. The molecule has 104 valence electrons. The van der Waals surface area contributed by atoms with Crippen molar-refractivity contribution in [2.24, 2.45) is 7.05 Å². The lowest BCUT2D eigenvalue weighted by atomic mass is 10.3. The number of aryl methyl sites for hydroxylation is 2. The molecule has 3 aromatic rings. The van der Waals surface area contributed by atoms with Crippen LogP contribution >= 0.6 is 11.3 Å². The summed E-state index contributed by atoms with van der Waals surface area (Å²) in [7, 11) is 4.06. The van der Waals surface area contributed by atoms with E-state index in [4.69, 9.17) is 0 Å². The second-order valence-electron chi connectivity index (χ2n) is 4.77. The maximum atomic E-state index is 4.69.